The fourth-order valence-electron chi connectivity index (χ4n) is 3.01. The van der Waals surface area contributed by atoms with Gasteiger partial charge in [-0.25, -0.2) is 9.78 Å². The molecule has 0 aliphatic carbocycles. The zero-order chi connectivity index (χ0) is 18.8. The molecule has 26 heavy (non-hydrogen) atoms. The highest BCUT2D eigenvalue weighted by atomic mass is 16.5. The fraction of sp³-hybridized carbons (Fsp3) is 0.316. The Morgan fingerprint density at radius 2 is 1.85 bits per heavy atom. The van der Waals surface area contributed by atoms with Gasteiger partial charge in [0.1, 0.15) is 11.6 Å². The predicted octanol–water partition coefficient (Wildman–Crippen LogP) is 2.12. The molecule has 7 heteroatoms. The van der Waals surface area contributed by atoms with Gasteiger partial charge in [0.25, 0.3) is 5.56 Å². The Hall–Kier alpha value is -3.09. The lowest BCUT2D eigenvalue weighted by Gasteiger charge is -2.08. The van der Waals surface area contributed by atoms with Gasteiger partial charge in [-0.15, -0.1) is 0 Å². The molecule has 0 spiro atoms. The molecule has 0 aliphatic rings. The Morgan fingerprint density at radius 3 is 2.50 bits per heavy atom. The van der Waals surface area contributed by atoms with Crippen LogP contribution in [0.5, 0.6) is 5.75 Å². The third kappa shape index (κ3) is 2.85. The summed E-state index contributed by atoms with van der Waals surface area (Å²) >= 11 is 0. The summed E-state index contributed by atoms with van der Waals surface area (Å²) in [5.41, 5.74) is 1.16. The maximum absolute atomic E-state index is 12.7. The van der Waals surface area contributed by atoms with Crippen LogP contribution in [0.4, 0.5) is 0 Å². The van der Waals surface area contributed by atoms with Gasteiger partial charge in [-0.05, 0) is 37.6 Å². The van der Waals surface area contributed by atoms with Crippen LogP contribution in [-0.2, 0) is 20.1 Å². The zero-order valence-electron chi connectivity index (χ0n) is 15.4. The first kappa shape index (κ1) is 17.7. The number of imidazole rings is 1. The van der Waals surface area contributed by atoms with Crippen molar-refractivity contribution in [1.82, 2.24) is 18.7 Å². The molecule has 1 aromatic carbocycles. The second kappa shape index (κ2) is 7.03. The summed E-state index contributed by atoms with van der Waals surface area (Å²) in [6, 6.07) is 7.64. The van der Waals surface area contributed by atoms with E-state index in [1.54, 1.807) is 25.6 Å². The van der Waals surface area contributed by atoms with Crippen LogP contribution in [0.25, 0.3) is 23.3 Å². The number of methoxy groups -OCH3 is 1. The van der Waals surface area contributed by atoms with Gasteiger partial charge in [-0.2, -0.15) is 0 Å². The van der Waals surface area contributed by atoms with Crippen molar-refractivity contribution in [2.45, 2.75) is 26.9 Å². The average Bonchev–Trinajstić information content (AvgIpc) is 2.97. The third-order valence-electron chi connectivity index (χ3n) is 4.43. The van der Waals surface area contributed by atoms with Gasteiger partial charge in [-0.3, -0.25) is 13.9 Å². The van der Waals surface area contributed by atoms with Crippen molar-refractivity contribution in [3.63, 3.8) is 0 Å². The number of fused-ring (bicyclic) bond motifs is 1. The average molecular weight is 354 g/mol. The number of aryl methyl sites for hydroxylation is 2. The number of aromatic nitrogens is 4. The van der Waals surface area contributed by atoms with Crippen LogP contribution in [0.3, 0.4) is 0 Å². The number of nitrogens with zero attached hydrogens (tertiary/aromatic N) is 4. The molecular formula is C19H22N4O3. The number of ether oxygens (including phenoxy) is 1. The van der Waals surface area contributed by atoms with E-state index in [2.05, 4.69) is 4.98 Å². The molecule has 0 saturated heterocycles. The predicted molar refractivity (Wildman–Crippen MR) is 103 cm³/mol. The van der Waals surface area contributed by atoms with Gasteiger partial charge in [0.2, 0.25) is 0 Å². The number of benzene rings is 1. The fourth-order valence-corrected chi connectivity index (χ4v) is 3.01. The molecule has 0 atom stereocenters. The van der Waals surface area contributed by atoms with E-state index in [0.29, 0.717) is 30.1 Å². The molecule has 0 saturated carbocycles. The SMILES string of the molecule is CCn1c(=O)c2c(nc(C=Cc3cccc(OC)c3)n2C)n(CC)c1=O. The molecule has 2 heterocycles. The van der Waals surface area contributed by atoms with Crippen LogP contribution >= 0.6 is 0 Å². The normalized spacial score (nSPS) is 11.5. The smallest absolute Gasteiger partial charge is 0.332 e. The van der Waals surface area contributed by atoms with E-state index in [0.717, 1.165) is 11.3 Å². The number of hydrogen-bond donors (Lipinski definition) is 0. The maximum atomic E-state index is 12.7. The summed E-state index contributed by atoms with van der Waals surface area (Å²) in [7, 11) is 3.41. The van der Waals surface area contributed by atoms with E-state index in [4.69, 9.17) is 4.74 Å². The van der Waals surface area contributed by atoms with Crippen molar-refractivity contribution in [2.75, 3.05) is 7.11 Å². The molecule has 0 N–H and O–H groups in total. The van der Waals surface area contributed by atoms with E-state index < -0.39 is 0 Å². The van der Waals surface area contributed by atoms with Gasteiger partial charge >= 0.3 is 5.69 Å². The van der Waals surface area contributed by atoms with Crippen molar-refractivity contribution < 1.29 is 4.74 Å². The van der Waals surface area contributed by atoms with Crippen molar-refractivity contribution >= 4 is 23.3 Å². The molecule has 0 bridgehead atoms. The molecule has 0 amide bonds. The van der Waals surface area contributed by atoms with Gasteiger partial charge in [-0.1, -0.05) is 18.2 Å². The monoisotopic (exact) mass is 354 g/mol. The molecular weight excluding hydrogens is 332 g/mol. The minimum Gasteiger partial charge on any atom is -0.497 e. The van der Waals surface area contributed by atoms with Crippen LogP contribution in [0.2, 0.25) is 0 Å². The standard InChI is InChI=1S/C19H22N4O3/c1-5-22-17-16(18(24)23(6-2)19(22)25)21(3)15(20-17)11-10-13-8-7-9-14(12-13)26-4/h7-12H,5-6H2,1-4H3. The Labute approximate surface area is 150 Å². The number of rotatable bonds is 5. The molecule has 0 radical (unpaired) electrons. The van der Waals surface area contributed by atoms with E-state index in [9.17, 15) is 9.59 Å². The van der Waals surface area contributed by atoms with Gasteiger partial charge in [0.15, 0.2) is 11.2 Å². The topological polar surface area (TPSA) is 71.1 Å². The molecule has 7 nitrogen and oxygen atoms in total. The Bertz CT molecular complexity index is 1100. The van der Waals surface area contributed by atoms with E-state index >= 15 is 0 Å². The summed E-state index contributed by atoms with van der Waals surface area (Å²) < 4.78 is 9.72. The molecule has 136 valence electrons. The first-order valence-electron chi connectivity index (χ1n) is 8.54. The Balaban J connectivity index is 2.18. The van der Waals surface area contributed by atoms with Gasteiger partial charge in [0, 0.05) is 20.1 Å². The lowest BCUT2D eigenvalue weighted by Crippen LogP contribution is -2.39. The first-order valence-corrected chi connectivity index (χ1v) is 8.54. The summed E-state index contributed by atoms with van der Waals surface area (Å²) in [6.45, 7) is 4.43. The first-order chi connectivity index (χ1) is 12.5. The third-order valence-corrected chi connectivity index (χ3v) is 4.43. The minimum atomic E-state index is -0.325. The van der Waals surface area contributed by atoms with Gasteiger partial charge in [0.05, 0.1) is 7.11 Å². The number of hydrogen-bond acceptors (Lipinski definition) is 4. The summed E-state index contributed by atoms with van der Waals surface area (Å²) in [4.78, 5) is 29.7. The summed E-state index contributed by atoms with van der Waals surface area (Å²) in [5, 5.41) is 0. The molecule has 2 aromatic heterocycles. The van der Waals surface area contributed by atoms with Crippen molar-refractivity contribution in [1.29, 1.82) is 0 Å². The van der Waals surface area contributed by atoms with Crippen molar-refractivity contribution in [3.8, 4) is 5.75 Å². The lowest BCUT2D eigenvalue weighted by molar-refractivity contribution is 0.414. The highest BCUT2D eigenvalue weighted by molar-refractivity contribution is 5.76. The van der Waals surface area contributed by atoms with E-state index in [1.165, 1.54) is 9.13 Å². The van der Waals surface area contributed by atoms with Crippen LogP contribution in [0.15, 0.2) is 33.9 Å². The molecule has 0 unspecified atom stereocenters. The quantitative estimate of drug-likeness (QED) is 0.704. The summed E-state index contributed by atoms with van der Waals surface area (Å²) in [6.07, 6.45) is 3.73. The van der Waals surface area contributed by atoms with Gasteiger partial charge < -0.3 is 9.30 Å². The molecule has 0 fully saturated rings. The van der Waals surface area contributed by atoms with Crippen molar-refractivity contribution in [2.24, 2.45) is 7.05 Å². The van der Waals surface area contributed by atoms with Crippen LogP contribution in [0, 0.1) is 0 Å². The highest BCUT2D eigenvalue weighted by Crippen LogP contribution is 2.16. The lowest BCUT2D eigenvalue weighted by atomic mass is 10.2. The molecule has 0 aliphatic heterocycles. The van der Waals surface area contributed by atoms with Crippen molar-refractivity contribution in [3.05, 3.63) is 56.5 Å². The minimum absolute atomic E-state index is 0.312. The second-order valence-corrected chi connectivity index (χ2v) is 5.89. The summed E-state index contributed by atoms with van der Waals surface area (Å²) in [5.74, 6) is 1.37. The Morgan fingerprint density at radius 1 is 1.12 bits per heavy atom. The highest BCUT2D eigenvalue weighted by Gasteiger charge is 2.17. The van der Waals surface area contributed by atoms with E-state index in [1.807, 2.05) is 43.3 Å². The largest absolute Gasteiger partial charge is 0.497 e. The molecule has 3 aromatic rings. The zero-order valence-corrected chi connectivity index (χ0v) is 15.4. The van der Waals surface area contributed by atoms with Crippen LogP contribution in [0.1, 0.15) is 25.2 Å². The van der Waals surface area contributed by atoms with Crippen LogP contribution < -0.4 is 16.0 Å². The van der Waals surface area contributed by atoms with Crippen LogP contribution in [-0.4, -0.2) is 25.8 Å². The van der Waals surface area contributed by atoms with E-state index in [-0.39, 0.29) is 11.2 Å². The Kier molecular flexibility index (Phi) is 4.79. The molecule has 3 rings (SSSR count). The second-order valence-electron chi connectivity index (χ2n) is 5.89. The maximum Gasteiger partial charge on any atom is 0.332 e.